The lowest BCUT2D eigenvalue weighted by Crippen LogP contribution is -2.22. The Bertz CT molecular complexity index is 361. The summed E-state index contributed by atoms with van der Waals surface area (Å²) < 4.78 is 0. The van der Waals surface area contributed by atoms with Gasteiger partial charge in [-0.25, -0.2) is 0 Å². The molecule has 1 aliphatic rings. The minimum atomic E-state index is 0.626. The molecule has 1 aromatic rings. The first-order chi connectivity index (χ1) is 7.76. The summed E-state index contributed by atoms with van der Waals surface area (Å²) in [4.78, 5) is 3.67. The second kappa shape index (κ2) is 5.11. The van der Waals surface area contributed by atoms with Crippen molar-refractivity contribution < 1.29 is 0 Å². The molecule has 0 amide bonds. The molecule has 2 N–H and O–H groups in total. The molecule has 0 atom stereocenters. The Morgan fingerprint density at radius 1 is 1.44 bits per heavy atom. The number of nitrogens with zero attached hydrogens (tertiary/aromatic N) is 1. The van der Waals surface area contributed by atoms with Crippen LogP contribution in [0.25, 0.3) is 0 Å². The standard InChI is InChI=1S/C13H20N2S/c1-15(9-10-6-7-10)12-4-3-5-13(16-2)11(12)8-14/h3-5,10H,6-9,14H2,1-2H3. The van der Waals surface area contributed by atoms with Crippen LogP contribution in [0.3, 0.4) is 0 Å². The summed E-state index contributed by atoms with van der Waals surface area (Å²) in [5.41, 5.74) is 8.47. The van der Waals surface area contributed by atoms with Crippen molar-refractivity contribution in [3.63, 3.8) is 0 Å². The van der Waals surface area contributed by atoms with Crippen molar-refractivity contribution >= 4 is 17.4 Å². The Labute approximate surface area is 102 Å². The fraction of sp³-hybridized carbons (Fsp3) is 0.538. The first-order valence-corrected chi connectivity index (χ1v) is 7.05. The van der Waals surface area contributed by atoms with Crippen LogP contribution >= 0.6 is 11.8 Å². The van der Waals surface area contributed by atoms with Crippen LogP contribution in [0.15, 0.2) is 23.1 Å². The zero-order valence-corrected chi connectivity index (χ0v) is 10.9. The van der Waals surface area contributed by atoms with E-state index in [1.54, 1.807) is 11.8 Å². The molecule has 1 aromatic carbocycles. The molecule has 1 fully saturated rings. The Morgan fingerprint density at radius 2 is 2.19 bits per heavy atom. The van der Waals surface area contributed by atoms with Crippen LogP contribution < -0.4 is 10.6 Å². The van der Waals surface area contributed by atoms with Crippen molar-refractivity contribution in [3.05, 3.63) is 23.8 Å². The molecule has 0 heterocycles. The van der Waals surface area contributed by atoms with Crippen molar-refractivity contribution in [1.29, 1.82) is 0 Å². The maximum Gasteiger partial charge on any atom is 0.0420 e. The van der Waals surface area contributed by atoms with E-state index in [9.17, 15) is 0 Å². The van der Waals surface area contributed by atoms with Crippen LogP contribution in [0.5, 0.6) is 0 Å². The maximum absolute atomic E-state index is 5.87. The summed E-state index contributed by atoms with van der Waals surface area (Å²) in [5, 5.41) is 0. The molecular weight excluding hydrogens is 216 g/mol. The third kappa shape index (κ3) is 2.53. The molecule has 0 bridgehead atoms. The molecule has 2 rings (SSSR count). The quantitative estimate of drug-likeness (QED) is 0.797. The van der Waals surface area contributed by atoms with Gasteiger partial charge in [-0.15, -0.1) is 11.8 Å². The van der Waals surface area contributed by atoms with Crippen molar-refractivity contribution in [2.24, 2.45) is 11.7 Å². The van der Waals surface area contributed by atoms with E-state index >= 15 is 0 Å². The highest BCUT2D eigenvalue weighted by molar-refractivity contribution is 7.98. The van der Waals surface area contributed by atoms with Gasteiger partial charge in [0, 0.05) is 36.3 Å². The minimum absolute atomic E-state index is 0.626. The second-order valence-corrected chi connectivity index (χ2v) is 5.33. The monoisotopic (exact) mass is 236 g/mol. The van der Waals surface area contributed by atoms with Crippen LogP contribution in [0.2, 0.25) is 0 Å². The van der Waals surface area contributed by atoms with Crippen LogP contribution in [0.1, 0.15) is 18.4 Å². The van der Waals surface area contributed by atoms with E-state index < -0.39 is 0 Å². The van der Waals surface area contributed by atoms with Gasteiger partial charge in [-0.05, 0) is 37.1 Å². The number of hydrogen-bond donors (Lipinski definition) is 1. The second-order valence-electron chi connectivity index (χ2n) is 4.49. The molecule has 0 spiro atoms. The third-order valence-electron chi connectivity index (χ3n) is 3.17. The van der Waals surface area contributed by atoms with E-state index in [-0.39, 0.29) is 0 Å². The van der Waals surface area contributed by atoms with Gasteiger partial charge in [0.25, 0.3) is 0 Å². The number of rotatable bonds is 5. The highest BCUT2D eigenvalue weighted by atomic mass is 32.2. The smallest absolute Gasteiger partial charge is 0.0420 e. The molecule has 2 nitrogen and oxygen atoms in total. The van der Waals surface area contributed by atoms with Gasteiger partial charge in [-0.1, -0.05) is 6.07 Å². The minimum Gasteiger partial charge on any atom is -0.374 e. The molecule has 1 aliphatic carbocycles. The summed E-state index contributed by atoms with van der Waals surface area (Å²) >= 11 is 1.78. The van der Waals surface area contributed by atoms with Crippen molar-refractivity contribution in [3.8, 4) is 0 Å². The molecule has 1 saturated carbocycles. The number of hydrogen-bond acceptors (Lipinski definition) is 3. The van der Waals surface area contributed by atoms with Gasteiger partial charge in [0.1, 0.15) is 0 Å². The van der Waals surface area contributed by atoms with Crippen LogP contribution in [-0.2, 0) is 6.54 Å². The van der Waals surface area contributed by atoms with Gasteiger partial charge in [-0.2, -0.15) is 0 Å². The number of benzene rings is 1. The third-order valence-corrected chi connectivity index (χ3v) is 3.99. The molecule has 0 saturated heterocycles. The van der Waals surface area contributed by atoms with E-state index in [1.807, 2.05) is 0 Å². The van der Waals surface area contributed by atoms with Gasteiger partial charge in [0.2, 0.25) is 0 Å². The SMILES string of the molecule is CSc1cccc(N(C)CC2CC2)c1CN. The normalized spacial score (nSPS) is 15.2. The fourth-order valence-electron chi connectivity index (χ4n) is 2.09. The van der Waals surface area contributed by atoms with Gasteiger partial charge in [-0.3, -0.25) is 0 Å². The highest BCUT2D eigenvalue weighted by Gasteiger charge is 2.23. The first kappa shape index (κ1) is 11.8. The summed E-state index contributed by atoms with van der Waals surface area (Å²) in [7, 11) is 2.18. The average Bonchev–Trinajstić information content (AvgIpc) is 3.11. The molecule has 0 radical (unpaired) electrons. The zero-order valence-electron chi connectivity index (χ0n) is 10.1. The van der Waals surface area contributed by atoms with E-state index in [0.29, 0.717) is 6.54 Å². The van der Waals surface area contributed by atoms with Crippen LogP contribution in [-0.4, -0.2) is 19.8 Å². The van der Waals surface area contributed by atoms with Crippen LogP contribution in [0, 0.1) is 5.92 Å². The van der Waals surface area contributed by atoms with Crippen molar-refractivity contribution in [2.75, 3.05) is 24.7 Å². The molecule has 0 aromatic heterocycles. The Kier molecular flexibility index (Phi) is 3.77. The predicted octanol–water partition coefficient (Wildman–Crippen LogP) is 2.71. The van der Waals surface area contributed by atoms with Gasteiger partial charge >= 0.3 is 0 Å². The molecule has 88 valence electrons. The number of anilines is 1. The Balaban J connectivity index is 2.23. The summed E-state index contributed by atoms with van der Waals surface area (Å²) in [6.45, 7) is 1.80. The Morgan fingerprint density at radius 3 is 2.75 bits per heavy atom. The van der Waals surface area contributed by atoms with E-state index in [0.717, 1.165) is 5.92 Å². The summed E-state index contributed by atoms with van der Waals surface area (Å²) in [6.07, 6.45) is 4.90. The fourth-order valence-corrected chi connectivity index (χ4v) is 2.74. The lowest BCUT2D eigenvalue weighted by molar-refractivity contribution is 0.780. The van der Waals surface area contributed by atoms with Crippen LogP contribution in [0.4, 0.5) is 5.69 Å². The van der Waals surface area contributed by atoms with E-state index in [2.05, 4.69) is 36.4 Å². The van der Waals surface area contributed by atoms with E-state index in [4.69, 9.17) is 5.73 Å². The lowest BCUT2D eigenvalue weighted by Gasteiger charge is -2.23. The number of nitrogens with two attached hydrogens (primary N) is 1. The van der Waals surface area contributed by atoms with Gasteiger partial charge in [0.05, 0.1) is 0 Å². The lowest BCUT2D eigenvalue weighted by atomic mass is 10.1. The zero-order chi connectivity index (χ0) is 11.5. The maximum atomic E-state index is 5.87. The van der Waals surface area contributed by atoms with Crippen molar-refractivity contribution in [1.82, 2.24) is 0 Å². The summed E-state index contributed by atoms with van der Waals surface area (Å²) in [6, 6.07) is 6.47. The predicted molar refractivity (Wildman–Crippen MR) is 72.1 cm³/mol. The van der Waals surface area contributed by atoms with Gasteiger partial charge in [0.15, 0.2) is 0 Å². The van der Waals surface area contributed by atoms with Crippen molar-refractivity contribution in [2.45, 2.75) is 24.3 Å². The topological polar surface area (TPSA) is 29.3 Å². The first-order valence-electron chi connectivity index (χ1n) is 5.83. The largest absolute Gasteiger partial charge is 0.374 e. The molecule has 0 unspecified atom stereocenters. The average molecular weight is 236 g/mol. The Hall–Kier alpha value is -0.670. The molecular formula is C13H20N2S. The number of thioether (sulfide) groups is 1. The van der Waals surface area contributed by atoms with E-state index in [1.165, 1.54) is 35.5 Å². The molecule has 0 aliphatic heterocycles. The van der Waals surface area contributed by atoms with Gasteiger partial charge < -0.3 is 10.6 Å². The molecule has 3 heteroatoms. The molecule has 16 heavy (non-hydrogen) atoms. The summed E-state index contributed by atoms with van der Waals surface area (Å²) in [5.74, 6) is 0.911. The highest BCUT2D eigenvalue weighted by Crippen LogP contribution is 2.33.